The van der Waals surface area contributed by atoms with E-state index in [1.165, 1.54) is 24.5 Å². The van der Waals surface area contributed by atoms with Gasteiger partial charge in [-0.1, -0.05) is 0 Å². The number of H-pyrrole nitrogens is 1. The lowest BCUT2D eigenvalue weighted by Gasteiger charge is -2.05. The molecule has 2 rings (SSSR count). The normalized spacial score (nSPS) is 9.75. The minimum absolute atomic E-state index is 0.263. The molecule has 0 radical (unpaired) electrons. The van der Waals surface area contributed by atoms with Crippen LogP contribution < -0.4 is 5.32 Å². The summed E-state index contributed by atoms with van der Waals surface area (Å²) in [6, 6.07) is 5.91. The van der Waals surface area contributed by atoms with Crippen LogP contribution in [0.5, 0.6) is 0 Å². The molecular weight excluding hydrogens is 209 g/mol. The van der Waals surface area contributed by atoms with E-state index in [2.05, 4.69) is 20.5 Å². The molecule has 5 nitrogen and oxygen atoms in total. The number of hydrogen-bond acceptors (Lipinski definition) is 4. The molecular formula is C10H8FN5. The van der Waals surface area contributed by atoms with Gasteiger partial charge in [0.25, 0.3) is 0 Å². The number of aromatic amines is 1. The molecule has 2 aromatic rings. The fraction of sp³-hybridized carbons (Fsp3) is 0.100. The molecule has 0 aliphatic rings. The van der Waals surface area contributed by atoms with Gasteiger partial charge < -0.3 is 5.32 Å². The Kier molecular flexibility index (Phi) is 2.78. The first-order valence-electron chi connectivity index (χ1n) is 4.57. The third-order valence-electron chi connectivity index (χ3n) is 2.01. The van der Waals surface area contributed by atoms with Gasteiger partial charge in [-0.15, -0.1) is 0 Å². The molecule has 16 heavy (non-hydrogen) atoms. The third kappa shape index (κ3) is 2.15. The van der Waals surface area contributed by atoms with Crippen molar-refractivity contribution in [1.82, 2.24) is 15.2 Å². The largest absolute Gasteiger partial charge is 0.377 e. The highest BCUT2D eigenvalue weighted by atomic mass is 19.1. The van der Waals surface area contributed by atoms with E-state index in [9.17, 15) is 4.39 Å². The third-order valence-corrected chi connectivity index (χ3v) is 2.01. The highest BCUT2D eigenvalue weighted by Crippen LogP contribution is 2.16. The van der Waals surface area contributed by atoms with E-state index in [0.29, 0.717) is 18.1 Å². The zero-order chi connectivity index (χ0) is 11.4. The second-order valence-electron chi connectivity index (χ2n) is 3.09. The maximum absolute atomic E-state index is 12.8. The zero-order valence-electron chi connectivity index (χ0n) is 8.24. The first-order valence-corrected chi connectivity index (χ1v) is 4.57. The summed E-state index contributed by atoms with van der Waals surface area (Å²) in [5, 5.41) is 18.1. The number of benzene rings is 1. The van der Waals surface area contributed by atoms with Crippen molar-refractivity contribution in [2.45, 2.75) is 6.54 Å². The maximum atomic E-state index is 12.8. The molecule has 0 amide bonds. The van der Waals surface area contributed by atoms with Crippen LogP contribution in [0.1, 0.15) is 11.4 Å². The Morgan fingerprint density at radius 2 is 2.38 bits per heavy atom. The molecule has 1 aromatic heterocycles. The Hall–Kier alpha value is -2.42. The number of nitrogens with one attached hydrogen (secondary N) is 2. The number of nitriles is 1. The van der Waals surface area contributed by atoms with Crippen molar-refractivity contribution in [2.75, 3.05) is 5.32 Å². The summed E-state index contributed by atoms with van der Waals surface area (Å²) in [7, 11) is 0. The van der Waals surface area contributed by atoms with Gasteiger partial charge in [-0.05, 0) is 18.2 Å². The van der Waals surface area contributed by atoms with Gasteiger partial charge in [0.15, 0.2) is 0 Å². The molecule has 0 aliphatic heterocycles. The number of aromatic nitrogens is 3. The van der Waals surface area contributed by atoms with E-state index in [1.54, 1.807) is 0 Å². The van der Waals surface area contributed by atoms with E-state index in [4.69, 9.17) is 5.26 Å². The lowest BCUT2D eigenvalue weighted by molar-refractivity contribution is 0.627. The molecule has 2 N–H and O–H groups in total. The van der Waals surface area contributed by atoms with Crippen LogP contribution in [0.3, 0.4) is 0 Å². The monoisotopic (exact) mass is 217 g/mol. The van der Waals surface area contributed by atoms with Crippen LogP contribution in [0.2, 0.25) is 0 Å². The van der Waals surface area contributed by atoms with Gasteiger partial charge in [-0.2, -0.15) is 10.4 Å². The molecule has 1 aromatic carbocycles. The van der Waals surface area contributed by atoms with Crippen molar-refractivity contribution in [3.63, 3.8) is 0 Å². The molecule has 0 spiro atoms. The molecule has 0 atom stereocenters. The van der Waals surface area contributed by atoms with Gasteiger partial charge in [0.2, 0.25) is 0 Å². The first kappa shape index (κ1) is 10.1. The summed E-state index contributed by atoms with van der Waals surface area (Å²) >= 11 is 0. The molecule has 0 aliphatic carbocycles. The quantitative estimate of drug-likeness (QED) is 0.815. The molecule has 0 fully saturated rings. The van der Waals surface area contributed by atoms with Gasteiger partial charge in [0.1, 0.15) is 24.0 Å². The SMILES string of the molecule is N#Cc1cc(F)ccc1NCc1ncn[nH]1. The van der Waals surface area contributed by atoms with Gasteiger partial charge in [-0.25, -0.2) is 9.37 Å². The Morgan fingerprint density at radius 3 is 3.06 bits per heavy atom. The fourth-order valence-electron chi connectivity index (χ4n) is 1.26. The molecule has 0 bridgehead atoms. The first-order chi connectivity index (χ1) is 7.79. The summed E-state index contributed by atoms with van der Waals surface area (Å²) in [5.74, 6) is 0.218. The molecule has 80 valence electrons. The summed E-state index contributed by atoms with van der Waals surface area (Å²) in [6.45, 7) is 0.403. The van der Waals surface area contributed by atoms with Crippen LogP contribution in [0.25, 0.3) is 0 Å². The smallest absolute Gasteiger partial charge is 0.143 e. The van der Waals surface area contributed by atoms with Crippen LogP contribution in [-0.4, -0.2) is 15.2 Å². The number of halogens is 1. The van der Waals surface area contributed by atoms with Crippen LogP contribution in [0.4, 0.5) is 10.1 Å². The number of rotatable bonds is 3. The maximum Gasteiger partial charge on any atom is 0.143 e. The fourth-order valence-corrected chi connectivity index (χ4v) is 1.26. The minimum atomic E-state index is -0.429. The van der Waals surface area contributed by atoms with E-state index in [1.807, 2.05) is 6.07 Å². The second-order valence-corrected chi connectivity index (χ2v) is 3.09. The van der Waals surface area contributed by atoms with Gasteiger partial charge >= 0.3 is 0 Å². The van der Waals surface area contributed by atoms with Crippen molar-refractivity contribution < 1.29 is 4.39 Å². The zero-order valence-corrected chi connectivity index (χ0v) is 8.24. The van der Waals surface area contributed by atoms with E-state index >= 15 is 0 Å². The van der Waals surface area contributed by atoms with Gasteiger partial charge in [0.05, 0.1) is 17.8 Å². The Labute approximate surface area is 90.9 Å². The summed E-state index contributed by atoms with van der Waals surface area (Å²) in [6.07, 6.45) is 1.40. The second kappa shape index (κ2) is 4.40. The van der Waals surface area contributed by atoms with Crippen molar-refractivity contribution in [1.29, 1.82) is 5.26 Å². The minimum Gasteiger partial charge on any atom is -0.377 e. The number of anilines is 1. The predicted molar refractivity (Wildman–Crippen MR) is 54.8 cm³/mol. The van der Waals surface area contributed by atoms with E-state index in [0.717, 1.165) is 0 Å². The number of hydrogen-bond donors (Lipinski definition) is 2. The van der Waals surface area contributed by atoms with Crippen molar-refractivity contribution in [2.24, 2.45) is 0 Å². The highest BCUT2D eigenvalue weighted by Gasteiger charge is 2.03. The van der Waals surface area contributed by atoms with Crippen LogP contribution in [-0.2, 0) is 6.54 Å². The van der Waals surface area contributed by atoms with Gasteiger partial charge in [-0.3, -0.25) is 5.10 Å². The lowest BCUT2D eigenvalue weighted by atomic mass is 10.2. The number of nitrogens with zero attached hydrogens (tertiary/aromatic N) is 3. The average Bonchev–Trinajstić information content (AvgIpc) is 2.80. The topological polar surface area (TPSA) is 77.4 Å². The van der Waals surface area contributed by atoms with E-state index < -0.39 is 5.82 Å². The van der Waals surface area contributed by atoms with Gasteiger partial charge in [0, 0.05) is 0 Å². The summed E-state index contributed by atoms with van der Waals surface area (Å²) < 4.78 is 12.8. The highest BCUT2D eigenvalue weighted by molar-refractivity contribution is 5.57. The molecule has 0 saturated heterocycles. The van der Waals surface area contributed by atoms with E-state index in [-0.39, 0.29) is 5.56 Å². The molecule has 0 unspecified atom stereocenters. The van der Waals surface area contributed by atoms with Crippen molar-refractivity contribution in [3.05, 3.63) is 41.7 Å². The summed E-state index contributed by atoms with van der Waals surface area (Å²) in [4.78, 5) is 3.92. The predicted octanol–water partition coefficient (Wildman–Crippen LogP) is 1.43. The molecule has 0 saturated carbocycles. The molecule has 1 heterocycles. The standard InChI is InChI=1S/C10H8FN5/c11-8-1-2-9(7(3-8)4-12)13-5-10-14-6-15-16-10/h1-3,6,13H,5H2,(H,14,15,16). The summed E-state index contributed by atoms with van der Waals surface area (Å²) in [5.41, 5.74) is 0.833. The Balaban J connectivity index is 2.13. The lowest BCUT2D eigenvalue weighted by Crippen LogP contribution is -2.03. The van der Waals surface area contributed by atoms with Crippen molar-refractivity contribution in [3.8, 4) is 6.07 Å². The Bertz CT molecular complexity index is 515. The average molecular weight is 217 g/mol. The van der Waals surface area contributed by atoms with Crippen LogP contribution in [0, 0.1) is 17.1 Å². The molecule has 6 heteroatoms. The Morgan fingerprint density at radius 1 is 1.50 bits per heavy atom. The van der Waals surface area contributed by atoms with Crippen LogP contribution >= 0.6 is 0 Å². The van der Waals surface area contributed by atoms with Crippen molar-refractivity contribution >= 4 is 5.69 Å². The van der Waals surface area contributed by atoms with Crippen LogP contribution in [0.15, 0.2) is 24.5 Å².